The summed E-state index contributed by atoms with van der Waals surface area (Å²) in [5, 5.41) is 0. The van der Waals surface area contributed by atoms with Crippen molar-refractivity contribution >= 4 is 21.6 Å². The number of hydrogen-bond donors (Lipinski definition) is 1. The number of hydrogen-bond acceptors (Lipinski definition) is 4. The molecule has 1 aliphatic heterocycles. The molecule has 15 heavy (non-hydrogen) atoms. The third kappa shape index (κ3) is 3.88. The minimum Gasteiger partial charge on any atom is -0.378 e. The molecule has 0 radical (unpaired) electrons. The van der Waals surface area contributed by atoms with Gasteiger partial charge in [-0.3, -0.25) is 0 Å². The number of alkyl halides is 1. The molecular weight excluding hydrogens is 242 g/mol. The molecule has 1 saturated heterocycles. The van der Waals surface area contributed by atoms with Crippen LogP contribution in [-0.2, 0) is 19.5 Å². The molecule has 1 atom stereocenters. The van der Waals surface area contributed by atoms with Crippen molar-refractivity contribution in [3.63, 3.8) is 0 Å². The van der Waals surface area contributed by atoms with Gasteiger partial charge < -0.3 is 9.47 Å². The zero-order chi connectivity index (χ0) is 11.4. The number of halogens is 1. The maximum atomic E-state index is 11.4. The molecule has 0 aromatic heterocycles. The molecule has 1 N–H and O–H groups in total. The summed E-state index contributed by atoms with van der Waals surface area (Å²) in [6, 6.07) is 0. The lowest BCUT2D eigenvalue weighted by Crippen LogP contribution is -2.45. The van der Waals surface area contributed by atoms with Crippen LogP contribution in [0, 0.1) is 0 Å². The fourth-order valence-electron chi connectivity index (χ4n) is 1.38. The van der Waals surface area contributed by atoms with E-state index in [1.165, 1.54) is 0 Å². The van der Waals surface area contributed by atoms with Gasteiger partial charge in [-0.1, -0.05) is 0 Å². The summed E-state index contributed by atoms with van der Waals surface area (Å²) in [6.07, 6.45) is 0.701. The fourth-order valence-corrected chi connectivity index (χ4v) is 2.82. The van der Waals surface area contributed by atoms with Crippen molar-refractivity contribution in [3.8, 4) is 0 Å². The maximum Gasteiger partial charge on any atom is 0.212 e. The summed E-state index contributed by atoms with van der Waals surface area (Å²) in [6.45, 7) is 1.26. The Labute approximate surface area is 95.1 Å². The summed E-state index contributed by atoms with van der Waals surface area (Å²) < 4.78 is 35.7. The van der Waals surface area contributed by atoms with Crippen molar-refractivity contribution in [1.82, 2.24) is 4.72 Å². The Morgan fingerprint density at radius 1 is 1.60 bits per heavy atom. The number of sulfonamides is 1. The standard InChI is InChI=1S/C8H16ClNO4S/c1-13-8(2-4-14-7-8)6-10-15(11,12)5-3-9/h10H,2-7H2,1H3. The van der Waals surface area contributed by atoms with E-state index in [1.807, 2.05) is 0 Å². The Morgan fingerprint density at radius 3 is 2.80 bits per heavy atom. The number of rotatable bonds is 6. The molecule has 0 aromatic rings. The Kier molecular flexibility index (Phi) is 4.79. The zero-order valence-corrected chi connectivity index (χ0v) is 10.2. The van der Waals surface area contributed by atoms with E-state index in [4.69, 9.17) is 21.1 Å². The maximum absolute atomic E-state index is 11.4. The van der Waals surface area contributed by atoms with Gasteiger partial charge in [0.25, 0.3) is 0 Å². The Bertz CT molecular complexity index is 287. The zero-order valence-electron chi connectivity index (χ0n) is 8.66. The van der Waals surface area contributed by atoms with Crippen LogP contribution < -0.4 is 4.72 Å². The van der Waals surface area contributed by atoms with Crippen LogP contribution >= 0.6 is 11.6 Å². The van der Waals surface area contributed by atoms with E-state index in [9.17, 15) is 8.42 Å². The van der Waals surface area contributed by atoms with Crippen LogP contribution in [0.5, 0.6) is 0 Å². The quantitative estimate of drug-likeness (QED) is 0.678. The largest absolute Gasteiger partial charge is 0.378 e. The minimum atomic E-state index is -3.28. The smallest absolute Gasteiger partial charge is 0.212 e. The lowest BCUT2D eigenvalue weighted by atomic mass is 10.0. The molecule has 7 heteroatoms. The van der Waals surface area contributed by atoms with Crippen molar-refractivity contribution < 1.29 is 17.9 Å². The molecular formula is C8H16ClNO4S. The molecule has 0 aliphatic carbocycles. The second-order valence-electron chi connectivity index (χ2n) is 3.52. The summed E-state index contributed by atoms with van der Waals surface area (Å²) in [4.78, 5) is 0. The summed E-state index contributed by atoms with van der Waals surface area (Å²) in [5.74, 6) is 0.0149. The molecule has 1 unspecified atom stereocenters. The van der Waals surface area contributed by atoms with Crippen LogP contribution in [0.25, 0.3) is 0 Å². The Hall–Kier alpha value is 0.120. The predicted molar refractivity (Wildman–Crippen MR) is 57.7 cm³/mol. The number of ether oxygens (including phenoxy) is 2. The average Bonchev–Trinajstić information content (AvgIpc) is 2.64. The van der Waals surface area contributed by atoms with E-state index < -0.39 is 15.6 Å². The number of methoxy groups -OCH3 is 1. The van der Waals surface area contributed by atoms with Gasteiger partial charge in [-0.25, -0.2) is 13.1 Å². The van der Waals surface area contributed by atoms with E-state index in [0.29, 0.717) is 19.6 Å². The van der Waals surface area contributed by atoms with Crippen molar-refractivity contribution in [2.24, 2.45) is 0 Å². The monoisotopic (exact) mass is 257 g/mol. The van der Waals surface area contributed by atoms with Crippen molar-refractivity contribution in [2.45, 2.75) is 12.0 Å². The van der Waals surface area contributed by atoms with Crippen LogP contribution in [0.3, 0.4) is 0 Å². The minimum absolute atomic E-state index is 0.0742. The van der Waals surface area contributed by atoms with Crippen molar-refractivity contribution in [3.05, 3.63) is 0 Å². The van der Waals surface area contributed by atoms with Gasteiger partial charge in [-0.2, -0.15) is 0 Å². The van der Waals surface area contributed by atoms with Gasteiger partial charge >= 0.3 is 0 Å². The third-order valence-electron chi connectivity index (χ3n) is 2.46. The highest BCUT2D eigenvalue weighted by Crippen LogP contribution is 2.21. The van der Waals surface area contributed by atoms with E-state index in [2.05, 4.69) is 4.72 Å². The first-order valence-corrected chi connectivity index (χ1v) is 6.88. The van der Waals surface area contributed by atoms with Gasteiger partial charge in [-0.05, 0) is 0 Å². The van der Waals surface area contributed by atoms with Crippen LogP contribution in [0.4, 0.5) is 0 Å². The molecule has 0 saturated carbocycles. The second kappa shape index (κ2) is 5.45. The first kappa shape index (κ1) is 13.2. The van der Waals surface area contributed by atoms with E-state index in [1.54, 1.807) is 7.11 Å². The van der Waals surface area contributed by atoms with Gasteiger partial charge in [-0.15, -0.1) is 11.6 Å². The lowest BCUT2D eigenvalue weighted by molar-refractivity contribution is -0.0120. The van der Waals surface area contributed by atoms with Crippen LogP contribution in [0.15, 0.2) is 0 Å². The normalized spacial score (nSPS) is 27.1. The molecule has 0 aromatic carbocycles. The highest BCUT2D eigenvalue weighted by molar-refractivity contribution is 7.89. The predicted octanol–water partition coefficient (Wildman–Crippen LogP) is -0.0499. The first-order valence-electron chi connectivity index (χ1n) is 4.70. The molecule has 1 heterocycles. The van der Waals surface area contributed by atoms with Gasteiger partial charge in [0, 0.05) is 32.6 Å². The van der Waals surface area contributed by atoms with Gasteiger partial charge in [0.2, 0.25) is 10.0 Å². The van der Waals surface area contributed by atoms with Crippen molar-refractivity contribution in [2.75, 3.05) is 38.5 Å². The summed E-state index contributed by atoms with van der Waals surface area (Å²) in [7, 11) is -1.72. The molecule has 1 rings (SSSR count). The molecule has 90 valence electrons. The fraction of sp³-hybridized carbons (Fsp3) is 1.00. The lowest BCUT2D eigenvalue weighted by Gasteiger charge is -2.25. The summed E-state index contributed by atoms with van der Waals surface area (Å²) in [5.41, 5.74) is -0.515. The second-order valence-corrected chi connectivity index (χ2v) is 5.82. The van der Waals surface area contributed by atoms with Crippen LogP contribution in [0.2, 0.25) is 0 Å². The molecule has 0 amide bonds. The van der Waals surface area contributed by atoms with Crippen LogP contribution in [0.1, 0.15) is 6.42 Å². The van der Waals surface area contributed by atoms with Gasteiger partial charge in [0.1, 0.15) is 5.60 Å². The van der Waals surface area contributed by atoms with Crippen LogP contribution in [-0.4, -0.2) is 52.5 Å². The SMILES string of the molecule is COC1(CNS(=O)(=O)CCCl)CCOC1. The average molecular weight is 258 g/mol. The van der Waals surface area contributed by atoms with Gasteiger partial charge in [0.05, 0.1) is 12.4 Å². The highest BCUT2D eigenvalue weighted by Gasteiger charge is 2.35. The Balaban J connectivity index is 2.47. The first-order chi connectivity index (χ1) is 7.04. The Morgan fingerprint density at radius 2 is 2.33 bits per heavy atom. The van der Waals surface area contributed by atoms with E-state index >= 15 is 0 Å². The number of nitrogens with one attached hydrogen (secondary N) is 1. The summed E-state index contributed by atoms with van der Waals surface area (Å²) >= 11 is 5.37. The third-order valence-corrected chi connectivity index (χ3v) is 4.20. The van der Waals surface area contributed by atoms with E-state index in [0.717, 1.165) is 0 Å². The molecule has 0 spiro atoms. The van der Waals surface area contributed by atoms with Crippen molar-refractivity contribution in [1.29, 1.82) is 0 Å². The molecule has 5 nitrogen and oxygen atoms in total. The molecule has 0 bridgehead atoms. The highest BCUT2D eigenvalue weighted by atomic mass is 35.5. The molecule has 1 fully saturated rings. The topological polar surface area (TPSA) is 64.6 Å². The molecule has 1 aliphatic rings. The van der Waals surface area contributed by atoms with Gasteiger partial charge in [0.15, 0.2) is 0 Å². The van der Waals surface area contributed by atoms with E-state index in [-0.39, 0.29) is 18.2 Å².